The third kappa shape index (κ3) is 5.83. The highest BCUT2D eigenvalue weighted by molar-refractivity contribution is 7.80. The van der Waals surface area contributed by atoms with Gasteiger partial charge in [-0.2, -0.15) is 0 Å². The van der Waals surface area contributed by atoms with Crippen LogP contribution in [0.25, 0.3) is 0 Å². The lowest BCUT2D eigenvalue weighted by Crippen LogP contribution is -2.43. The molecule has 0 fully saturated rings. The van der Waals surface area contributed by atoms with Crippen LogP contribution in [0.2, 0.25) is 0 Å². The van der Waals surface area contributed by atoms with Crippen molar-refractivity contribution in [2.45, 2.75) is 45.6 Å². The lowest BCUT2D eigenvalue weighted by molar-refractivity contribution is -0.121. The standard InChI is InChI=1S/C15H22N2OS/c1-3-5-13(15(16)19)17-14(18)9-8-12-7-4-6-11(2)10-12/h4,6-7,10,13H,3,5,8-9H2,1-2H3,(H2,16,19)(H,17,18). The molecule has 19 heavy (non-hydrogen) atoms. The molecular formula is C15H22N2OS. The third-order valence-electron chi connectivity index (χ3n) is 2.98. The largest absolute Gasteiger partial charge is 0.392 e. The first-order valence-corrected chi connectivity index (χ1v) is 7.08. The maximum Gasteiger partial charge on any atom is 0.220 e. The van der Waals surface area contributed by atoms with E-state index in [1.807, 2.05) is 32.0 Å². The molecule has 0 heterocycles. The molecule has 0 radical (unpaired) electrons. The zero-order valence-corrected chi connectivity index (χ0v) is 12.4. The topological polar surface area (TPSA) is 55.1 Å². The Labute approximate surface area is 120 Å². The molecule has 1 amide bonds. The zero-order valence-electron chi connectivity index (χ0n) is 11.6. The molecule has 3 nitrogen and oxygen atoms in total. The molecular weight excluding hydrogens is 256 g/mol. The van der Waals surface area contributed by atoms with E-state index in [0.29, 0.717) is 11.4 Å². The lowest BCUT2D eigenvalue weighted by atomic mass is 10.1. The second kappa shape index (κ2) is 7.89. The van der Waals surface area contributed by atoms with Crippen LogP contribution in [-0.2, 0) is 11.2 Å². The summed E-state index contributed by atoms with van der Waals surface area (Å²) in [6.07, 6.45) is 2.95. The van der Waals surface area contributed by atoms with Crippen molar-refractivity contribution >= 4 is 23.1 Å². The first kappa shape index (κ1) is 15.6. The van der Waals surface area contributed by atoms with Crippen molar-refractivity contribution in [2.75, 3.05) is 0 Å². The molecule has 0 spiro atoms. The number of carbonyl (C=O) groups is 1. The van der Waals surface area contributed by atoms with Gasteiger partial charge in [-0.1, -0.05) is 55.4 Å². The highest BCUT2D eigenvalue weighted by Gasteiger charge is 2.13. The molecule has 0 aromatic heterocycles. The molecule has 0 aliphatic heterocycles. The van der Waals surface area contributed by atoms with Crippen molar-refractivity contribution in [1.82, 2.24) is 5.32 Å². The van der Waals surface area contributed by atoms with Crippen molar-refractivity contribution in [1.29, 1.82) is 0 Å². The molecule has 0 bridgehead atoms. The molecule has 0 aliphatic carbocycles. The number of amides is 1. The molecule has 0 saturated heterocycles. The number of rotatable bonds is 7. The van der Waals surface area contributed by atoms with Crippen LogP contribution in [0.1, 0.15) is 37.3 Å². The van der Waals surface area contributed by atoms with E-state index < -0.39 is 0 Å². The molecule has 1 aromatic rings. The van der Waals surface area contributed by atoms with Crippen LogP contribution in [0, 0.1) is 6.92 Å². The molecule has 0 aliphatic rings. The van der Waals surface area contributed by atoms with Crippen LogP contribution in [0.5, 0.6) is 0 Å². The normalized spacial score (nSPS) is 11.9. The maximum absolute atomic E-state index is 11.9. The van der Waals surface area contributed by atoms with Crippen LogP contribution in [0.3, 0.4) is 0 Å². The number of nitrogens with one attached hydrogen (secondary N) is 1. The number of carbonyl (C=O) groups excluding carboxylic acids is 1. The Balaban J connectivity index is 2.44. The van der Waals surface area contributed by atoms with Crippen LogP contribution >= 0.6 is 12.2 Å². The van der Waals surface area contributed by atoms with Gasteiger partial charge in [-0.3, -0.25) is 4.79 Å². The summed E-state index contributed by atoms with van der Waals surface area (Å²) in [5, 5.41) is 2.90. The van der Waals surface area contributed by atoms with Gasteiger partial charge in [-0.25, -0.2) is 0 Å². The van der Waals surface area contributed by atoms with E-state index in [9.17, 15) is 4.79 Å². The molecule has 1 atom stereocenters. The number of hydrogen-bond donors (Lipinski definition) is 2. The van der Waals surface area contributed by atoms with Gasteiger partial charge in [-0.05, 0) is 25.3 Å². The highest BCUT2D eigenvalue weighted by Crippen LogP contribution is 2.07. The van der Waals surface area contributed by atoms with E-state index >= 15 is 0 Å². The number of thiocarbonyl (C=S) groups is 1. The van der Waals surface area contributed by atoms with Crippen molar-refractivity contribution in [3.8, 4) is 0 Å². The van der Waals surface area contributed by atoms with E-state index in [1.54, 1.807) is 0 Å². The summed E-state index contributed by atoms with van der Waals surface area (Å²) in [4.78, 5) is 12.2. The smallest absolute Gasteiger partial charge is 0.220 e. The van der Waals surface area contributed by atoms with Gasteiger partial charge in [0.1, 0.15) is 0 Å². The van der Waals surface area contributed by atoms with Crippen molar-refractivity contribution in [3.05, 3.63) is 35.4 Å². The Kier molecular flexibility index (Phi) is 6.50. The molecule has 104 valence electrons. The Hall–Kier alpha value is -1.42. The van der Waals surface area contributed by atoms with Gasteiger partial charge in [0.15, 0.2) is 0 Å². The van der Waals surface area contributed by atoms with Gasteiger partial charge in [0, 0.05) is 6.42 Å². The van der Waals surface area contributed by atoms with Crippen LogP contribution in [0.15, 0.2) is 24.3 Å². The highest BCUT2D eigenvalue weighted by atomic mass is 32.1. The van der Waals surface area contributed by atoms with Gasteiger partial charge >= 0.3 is 0 Å². The minimum Gasteiger partial charge on any atom is -0.392 e. The molecule has 3 N–H and O–H groups in total. The molecule has 0 saturated carbocycles. The summed E-state index contributed by atoms with van der Waals surface area (Å²) in [7, 11) is 0. The minimum absolute atomic E-state index is 0.00718. The third-order valence-corrected chi connectivity index (χ3v) is 3.26. The number of hydrogen-bond acceptors (Lipinski definition) is 2. The van der Waals surface area contributed by atoms with Gasteiger partial charge in [-0.15, -0.1) is 0 Å². The summed E-state index contributed by atoms with van der Waals surface area (Å²) in [6, 6.07) is 8.03. The maximum atomic E-state index is 11.9. The number of nitrogens with two attached hydrogens (primary N) is 1. The van der Waals surface area contributed by atoms with E-state index in [4.69, 9.17) is 18.0 Å². The average Bonchev–Trinajstić information content (AvgIpc) is 2.36. The summed E-state index contributed by atoms with van der Waals surface area (Å²) in [6.45, 7) is 4.10. The van der Waals surface area contributed by atoms with Gasteiger partial charge in [0.2, 0.25) is 5.91 Å². The van der Waals surface area contributed by atoms with Crippen LogP contribution < -0.4 is 11.1 Å². The van der Waals surface area contributed by atoms with E-state index in [2.05, 4.69) is 11.4 Å². The van der Waals surface area contributed by atoms with Gasteiger partial charge in [0.25, 0.3) is 0 Å². The summed E-state index contributed by atoms with van der Waals surface area (Å²) in [5.41, 5.74) is 8.01. The Morgan fingerprint density at radius 3 is 2.79 bits per heavy atom. The molecule has 4 heteroatoms. The fourth-order valence-electron chi connectivity index (χ4n) is 1.97. The predicted octanol–water partition coefficient (Wildman–Crippen LogP) is 2.50. The Morgan fingerprint density at radius 1 is 1.47 bits per heavy atom. The van der Waals surface area contributed by atoms with Crippen LogP contribution in [0.4, 0.5) is 0 Å². The first-order valence-electron chi connectivity index (χ1n) is 6.67. The summed E-state index contributed by atoms with van der Waals surface area (Å²) in [5.74, 6) is 0.00718. The first-order chi connectivity index (χ1) is 9.02. The van der Waals surface area contributed by atoms with E-state index in [1.165, 1.54) is 11.1 Å². The zero-order chi connectivity index (χ0) is 14.3. The number of benzene rings is 1. The SMILES string of the molecule is CCCC(NC(=O)CCc1cccc(C)c1)C(N)=S. The molecule has 1 unspecified atom stereocenters. The quantitative estimate of drug-likeness (QED) is 0.753. The number of aryl methyl sites for hydroxylation is 2. The fraction of sp³-hybridized carbons (Fsp3) is 0.467. The summed E-state index contributed by atoms with van der Waals surface area (Å²) < 4.78 is 0. The Morgan fingerprint density at radius 2 is 2.21 bits per heavy atom. The van der Waals surface area contributed by atoms with Gasteiger partial charge < -0.3 is 11.1 Å². The second-order valence-corrected chi connectivity index (χ2v) is 5.27. The van der Waals surface area contributed by atoms with E-state index in [-0.39, 0.29) is 11.9 Å². The predicted molar refractivity (Wildman–Crippen MR) is 83.1 cm³/mol. The Bertz CT molecular complexity index is 446. The fourth-order valence-corrected chi connectivity index (χ4v) is 2.14. The van der Waals surface area contributed by atoms with Gasteiger partial charge in [0.05, 0.1) is 11.0 Å². The molecule has 1 rings (SSSR count). The lowest BCUT2D eigenvalue weighted by Gasteiger charge is -2.16. The average molecular weight is 278 g/mol. The van der Waals surface area contributed by atoms with Crippen molar-refractivity contribution < 1.29 is 4.79 Å². The second-order valence-electron chi connectivity index (χ2n) is 4.80. The minimum atomic E-state index is -0.176. The summed E-state index contributed by atoms with van der Waals surface area (Å²) >= 11 is 4.96. The van der Waals surface area contributed by atoms with Crippen molar-refractivity contribution in [3.63, 3.8) is 0 Å². The monoisotopic (exact) mass is 278 g/mol. The van der Waals surface area contributed by atoms with Crippen LogP contribution in [-0.4, -0.2) is 16.9 Å². The van der Waals surface area contributed by atoms with Crippen molar-refractivity contribution in [2.24, 2.45) is 5.73 Å². The molecule has 1 aromatic carbocycles. The van der Waals surface area contributed by atoms with E-state index in [0.717, 1.165) is 19.3 Å².